The minimum atomic E-state index is -4.08. The fraction of sp³-hybridized carbons (Fsp3) is 0.103. The molecular weight excluding hydrogens is 522 g/mol. The zero-order valence-corrected chi connectivity index (χ0v) is 22.1. The summed E-state index contributed by atoms with van der Waals surface area (Å²) in [5, 5.41) is 6.07. The van der Waals surface area contributed by atoms with Crippen molar-refractivity contribution in [2.75, 3.05) is 16.2 Å². The van der Waals surface area contributed by atoms with Crippen LogP contribution >= 0.6 is 11.6 Å². The van der Waals surface area contributed by atoms with E-state index in [0.29, 0.717) is 5.02 Å². The molecule has 194 valence electrons. The molecule has 0 spiro atoms. The fourth-order valence-electron chi connectivity index (χ4n) is 3.85. The van der Waals surface area contributed by atoms with Gasteiger partial charge in [0.05, 0.1) is 27.9 Å². The van der Waals surface area contributed by atoms with Crippen LogP contribution in [0.1, 0.15) is 28.9 Å². The van der Waals surface area contributed by atoms with Gasteiger partial charge in [-0.15, -0.1) is 0 Å². The number of rotatable bonds is 9. The minimum absolute atomic E-state index is 0.0393. The number of nitrogens with one attached hydrogen (secondary N) is 2. The van der Waals surface area contributed by atoms with Crippen molar-refractivity contribution in [3.63, 3.8) is 0 Å². The Hall–Kier alpha value is -4.14. The second-order valence-electron chi connectivity index (χ2n) is 8.50. The summed E-state index contributed by atoms with van der Waals surface area (Å²) >= 11 is 6.00. The number of anilines is 2. The molecule has 0 saturated carbocycles. The van der Waals surface area contributed by atoms with Gasteiger partial charge in [0.1, 0.15) is 6.54 Å². The summed E-state index contributed by atoms with van der Waals surface area (Å²) < 4.78 is 28.0. The molecule has 0 aliphatic heterocycles. The number of hydrogen-bond acceptors (Lipinski definition) is 4. The third kappa shape index (κ3) is 6.40. The number of carbonyl (C=O) groups is 2. The molecule has 9 heteroatoms. The Morgan fingerprint density at radius 1 is 0.816 bits per heavy atom. The van der Waals surface area contributed by atoms with Gasteiger partial charge in [-0.25, -0.2) is 8.42 Å². The first-order valence-corrected chi connectivity index (χ1v) is 13.7. The van der Waals surface area contributed by atoms with Gasteiger partial charge in [-0.1, -0.05) is 72.3 Å². The molecule has 0 aliphatic carbocycles. The zero-order valence-electron chi connectivity index (χ0n) is 20.5. The largest absolute Gasteiger partial charge is 0.345 e. The van der Waals surface area contributed by atoms with Crippen LogP contribution in [-0.2, 0) is 14.8 Å². The summed E-state index contributed by atoms with van der Waals surface area (Å²) in [6, 6.07) is 29.8. The van der Waals surface area contributed by atoms with Crippen molar-refractivity contribution in [1.82, 2.24) is 5.32 Å². The number of amides is 2. The maximum absolute atomic E-state index is 13.5. The molecule has 0 saturated heterocycles. The topological polar surface area (TPSA) is 95.6 Å². The highest BCUT2D eigenvalue weighted by Gasteiger charge is 2.27. The molecule has 0 radical (unpaired) electrons. The first-order chi connectivity index (χ1) is 18.3. The number of nitrogens with zero attached hydrogens (tertiary/aromatic N) is 1. The lowest BCUT2D eigenvalue weighted by Gasteiger charge is -2.24. The molecule has 2 N–H and O–H groups in total. The van der Waals surface area contributed by atoms with Crippen LogP contribution in [0.4, 0.5) is 11.4 Å². The Morgan fingerprint density at radius 2 is 1.39 bits per heavy atom. The fourth-order valence-corrected chi connectivity index (χ4v) is 5.42. The van der Waals surface area contributed by atoms with Crippen molar-refractivity contribution < 1.29 is 18.0 Å². The molecule has 0 aromatic heterocycles. The van der Waals surface area contributed by atoms with E-state index in [0.717, 1.165) is 9.87 Å². The number of para-hydroxylation sites is 1. The van der Waals surface area contributed by atoms with E-state index in [9.17, 15) is 18.0 Å². The minimum Gasteiger partial charge on any atom is -0.345 e. The van der Waals surface area contributed by atoms with Crippen LogP contribution in [0.3, 0.4) is 0 Å². The average molecular weight is 548 g/mol. The number of sulfonamides is 1. The molecule has 2 amide bonds. The van der Waals surface area contributed by atoms with E-state index in [1.54, 1.807) is 54.6 Å². The molecule has 0 unspecified atom stereocenters. The quantitative estimate of drug-likeness (QED) is 0.282. The van der Waals surface area contributed by atoms with Crippen LogP contribution in [0.5, 0.6) is 0 Å². The Balaban J connectivity index is 1.57. The zero-order chi connectivity index (χ0) is 27.1. The maximum Gasteiger partial charge on any atom is 0.264 e. The Kier molecular flexibility index (Phi) is 8.45. The highest BCUT2D eigenvalue weighted by atomic mass is 35.5. The van der Waals surface area contributed by atoms with Crippen LogP contribution in [0, 0.1) is 0 Å². The molecule has 0 fully saturated rings. The summed E-state index contributed by atoms with van der Waals surface area (Å²) in [7, 11) is -4.08. The third-order valence-corrected chi connectivity index (χ3v) is 7.87. The van der Waals surface area contributed by atoms with Crippen LogP contribution in [0.2, 0.25) is 5.02 Å². The lowest BCUT2D eigenvalue weighted by Crippen LogP contribution is -2.38. The van der Waals surface area contributed by atoms with Gasteiger partial charge in [-0.05, 0) is 61.0 Å². The van der Waals surface area contributed by atoms with E-state index in [4.69, 9.17) is 11.6 Å². The molecule has 0 bridgehead atoms. The Bertz CT molecular complexity index is 1510. The predicted octanol–water partition coefficient (Wildman–Crippen LogP) is 5.67. The van der Waals surface area contributed by atoms with Gasteiger partial charge in [0.15, 0.2) is 0 Å². The van der Waals surface area contributed by atoms with E-state index >= 15 is 0 Å². The molecular formula is C29H26ClN3O4S. The van der Waals surface area contributed by atoms with Crippen LogP contribution in [-0.4, -0.2) is 26.8 Å². The van der Waals surface area contributed by atoms with Gasteiger partial charge in [-0.3, -0.25) is 13.9 Å². The first-order valence-electron chi connectivity index (χ1n) is 11.8. The second-order valence-corrected chi connectivity index (χ2v) is 10.8. The van der Waals surface area contributed by atoms with Crippen LogP contribution in [0.15, 0.2) is 114 Å². The highest BCUT2D eigenvalue weighted by molar-refractivity contribution is 7.92. The van der Waals surface area contributed by atoms with Gasteiger partial charge in [0, 0.05) is 5.02 Å². The first kappa shape index (κ1) is 26.9. The van der Waals surface area contributed by atoms with Crippen LogP contribution in [0.25, 0.3) is 0 Å². The van der Waals surface area contributed by atoms with E-state index in [1.807, 2.05) is 37.3 Å². The lowest BCUT2D eigenvalue weighted by molar-refractivity contribution is -0.114. The third-order valence-electron chi connectivity index (χ3n) is 5.83. The number of hydrogen-bond donors (Lipinski definition) is 2. The van der Waals surface area contributed by atoms with Gasteiger partial charge in [-0.2, -0.15) is 0 Å². The maximum atomic E-state index is 13.5. The molecule has 4 aromatic rings. The van der Waals surface area contributed by atoms with Crippen molar-refractivity contribution in [2.24, 2.45) is 0 Å². The van der Waals surface area contributed by atoms with E-state index in [1.165, 1.54) is 24.3 Å². The molecule has 0 heterocycles. The summed E-state index contributed by atoms with van der Waals surface area (Å²) in [6.07, 6.45) is 0. The van der Waals surface area contributed by atoms with E-state index in [2.05, 4.69) is 10.6 Å². The summed E-state index contributed by atoms with van der Waals surface area (Å²) in [5.41, 5.74) is 1.74. The predicted molar refractivity (Wildman–Crippen MR) is 150 cm³/mol. The van der Waals surface area contributed by atoms with Crippen molar-refractivity contribution >= 4 is 44.8 Å². The van der Waals surface area contributed by atoms with Gasteiger partial charge in [0.25, 0.3) is 15.9 Å². The SMILES string of the molecule is C[C@@H](NC(=O)c1ccccc1NC(=O)CN(c1ccc(Cl)cc1)S(=O)(=O)c1ccccc1)c1ccccc1. The summed E-state index contributed by atoms with van der Waals surface area (Å²) in [6.45, 7) is 1.35. The summed E-state index contributed by atoms with van der Waals surface area (Å²) in [5.74, 6) is -0.987. The van der Waals surface area contributed by atoms with Crippen molar-refractivity contribution in [3.05, 3.63) is 125 Å². The van der Waals surface area contributed by atoms with Gasteiger partial charge < -0.3 is 10.6 Å². The Morgan fingerprint density at radius 3 is 2.05 bits per heavy atom. The summed E-state index contributed by atoms with van der Waals surface area (Å²) in [4.78, 5) is 26.3. The molecule has 4 aromatic carbocycles. The molecule has 38 heavy (non-hydrogen) atoms. The van der Waals surface area contributed by atoms with Crippen molar-refractivity contribution in [1.29, 1.82) is 0 Å². The molecule has 7 nitrogen and oxygen atoms in total. The lowest BCUT2D eigenvalue weighted by atomic mass is 10.1. The van der Waals surface area contributed by atoms with Crippen LogP contribution < -0.4 is 14.9 Å². The number of carbonyl (C=O) groups excluding carboxylic acids is 2. The average Bonchev–Trinajstić information content (AvgIpc) is 2.93. The molecule has 0 aliphatic rings. The molecule has 4 rings (SSSR count). The van der Waals surface area contributed by atoms with Gasteiger partial charge >= 0.3 is 0 Å². The van der Waals surface area contributed by atoms with Gasteiger partial charge in [0.2, 0.25) is 5.91 Å². The second kappa shape index (κ2) is 11.9. The van der Waals surface area contributed by atoms with E-state index < -0.39 is 22.5 Å². The standard InChI is InChI=1S/C29H26ClN3O4S/c1-21(22-10-4-2-5-11-22)31-29(35)26-14-8-9-15-27(26)32-28(34)20-33(24-18-16-23(30)17-19-24)38(36,37)25-12-6-3-7-13-25/h2-19,21H,20H2,1H3,(H,31,35)(H,32,34)/t21-/m1/s1. The normalized spacial score (nSPS) is 11.8. The van der Waals surface area contributed by atoms with E-state index in [-0.39, 0.29) is 33.8 Å². The van der Waals surface area contributed by atoms with Crippen molar-refractivity contribution in [2.45, 2.75) is 17.9 Å². The Labute approximate surface area is 227 Å². The number of halogens is 1. The molecule has 1 atom stereocenters. The van der Waals surface area contributed by atoms with Crippen molar-refractivity contribution in [3.8, 4) is 0 Å². The number of benzene rings is 4. The smallest absolute Gasteiger partial charge is 0.264 e. The monoisotopic (exact) mass is 547 g/mol. The highest BCUT2D eigenvalue weighted by Crippen LogP contribution is 2.26.